The van der Waals surface area contributed by atoms with E-state index in [4.69, 9.17) is 0 Å². The number of allylic oxidation sites excluding steroid dienone is 1. The summed E-state index contributed by atoms with van der Waals surface area (Å²) in [4.78, 5) is 0. The van der Waals surface area contributed by atoms with Gasteiger partial charge in [-0.15, -0.1) is 0 Å². The second-order valence-electron chi connectivity index (χ2n) is 4.05. The molecule has 0 radical (unpaired) electrons. The molecule has 0 aromatic carbocycles. The van der Waals surface area contributed by atoms with Gasteiger partial charge in [0, 0.05) is 12.2 Å². The lowest BCUT2D eigenvalue weighted by atomic mass is 10.1. The van der Waals surface area contributed by atoms with Crippen molar-refractivity contribution in [3.05, 3.63) is 12.3 Å². The third-order valence-electron chi connectivity index (χ3n) is 2.49. The third-order valence-corrected chi connectivity index (χ3v) is 2.49. The normalized spacial score (nSPS) is 10.1. The predicted molar refractivity (Wildman–Crippen MR) is 65.4 cm³/mol. The lowest BCUT2D eigenvalue weighted by molar-refractivity contribution is 0.601. The standard InChI is InChI=1S/C13H27N/c1-4-6-8-9-10-12-14-13(3)11-7-5-2/h14H,3-12H2,1-2H3. The molecule has 0 heterocycles. The molecule has 0 aromatic rings. The van der Waals surface area contributed by atoms with Crippen molar-refractivity contribution in [1.82, 2.24) is 5.32 Å². The Bertz CT molecular complexity index is 129. The molecule has 0 atom stereocenters. The van der Waals surface area contributed by atoms with Crippen molar-refractivity contribution in [2.45, 2.75) is 65.2 Å². The number of rotatable bonds is 10. The van der Waals surface area contributed by atoms with Crippen molar-refractivity contribution in [2.75, 3.05) is 6.54 Å². The van der Waals surface area contributed by atoms with Crippen LogP contribution in [0, 0.1) is 0 Å². The van der Waals surface area contributed by atoms with Crippen molar-refractivity contribution in [1.29, 1.82) is 0 Å². The Morgan fingerprint density at radius 2 is 1.57 bits per heavy atom. The lowest BCUT2D eigenvalue weighted by Crippen LogP contribution is -2.13. The van der Waals surface area contributed by atoms with E-state index >= 15 is 0 Å². The fraction of sp³-hybridized carbons (Fsp3) is 0.846. The Morgan fingerprint density at radius 3 is 2.21 bits per heavy atom. The number of hydrogen-bond acceptors (Lipinski definition) is 1. The van der Waals surface area contributed by atoms with Gasteiger partial charge in [0.15, 0.2) is 0 Å². The van der Waals surface area contributed by atoms with E-state index < -0.39 is 0 Å². The van der Waals surface area contributed by atoms with Gasteiger partial charge >= 0.3 is 0 Å². The van der Waals surface area contributed by atoms with Gasteiger partial charge in [0.25, 0.3) is 0 Å². The minimum atomic E-state index is 1.12. The van der Waals surface area contributed by atoms with Crippen LogP contribution in [0.2, 0.25) is 0 Å². The van der Waals surface area contributed by atoms with Gasteiger partial charge in [-0.3, -0.25) is 0 Å². The SMILES string of the molecule is C=C(CCCC)NCCCCCCC. The first-order valence-corrected chi connectivity index (χ1v) is 6.22. The first-order valence-electron chi connectivity index (χ1n) is 6.22. The van der Waals surface area contributed by atoms with Crippen LogP contribution in [0.5, 0.6) is 0 Å². The first-order chi connectivity index (χ1) is 6.81. The Hall–Kier alpha value is -0.460. The third kappa shape index (κ3) is 9.63. The molecule has 0 aliphatic heterocycles. The largest absolute Gasteiger partial charge is 0.389 e. The van der Waals surface area contributed by atoms with Crippen LogP contribution in [0.1, 0.15) is 65.2 Å². The van der Waals surface area contributed by atoms with Crippen molar-refractivity contribution in [3.63, 3.8) is 0 Å². The van der Waals surface area contributed by atoms with Crippen molar-refractivity contribution >= 4 is 0 Å². The zero-order valence-electron chi connectivity index (χ0n) is 10.1. The zero-order valence-corrected chi connectivity index (χ0v) is 10.1. The fourth-order valence-electron chi connectivity index (χ4n) is 1.47. The summed E-state index contributed by atoms with van der Waals surface area (Å²) in [6.07, 6.45) is 10.4. The molecule has 0 amide bonds. The minimum absolute atomic E-state index is 1.12. The van der Waals surface area contributed by atoms with E-state index in [0.29, 0.717) is 0 Å². The highest BCUT2D eigenvalue weighted by Gasteiger charge is 1.92. The van der Waals surface area contributed by atoms with Crippen LogP contribution >= 0.6 is 0 Å². The molecule has 1 nitrogen and oxygen atoms in total. The number of nitrogens with one attached hydrogen (secondary N) is 1. The molecule has 0 aliphatic rings. The molecule has 1 heteroatoms. The Balaban J connectivity index is 3.07. The summed E-state index contributed by atoms with van der Waals surface area (Å²) < 4.78 is 0. The summed E-state index contributed by atoms with van der Waals surface area (Å²) in [5.74, 6) is 0. The molecular weight excluding hydrogens is 170 g/mol. The summed E-state index contributed by atoms with van der Waals surface area (Å²) in [7, 11) is 0. The van der Waals surface area contributed by atoms with Gasteiger partial charge in [-0.2, -0.15) is 0 Å². The molecule has 0 saturated heterocycles. The van der Waals surface area contributed by atoms with Crippen LogP contribution in [-0.2, 0) is 0 Å². The summed E-state index contributed by atoms with van der Waals surface area (Å²) in [6.45, 7) is 9.61. The van der Waals surface area contributed by atoms with Crippen molar-refractivity contribution in [3.8, 4) is 0 Å². The molecule has 14 heavy (non-hydrogen) atoms. The van der Waals surface area contributed by atoms with E-state index in [1.807, 2.05) is 0 Å². The topological polar surface area (TPSA) is 12.0 Å². The average molecular weight is 197 g/mol. The molecule has 0 aliphatic carbocycles. The van der Waals surface area contributed by atoms with Crippen LogP contribution in [0.15, 0.2) is 12.3 Å². The first kappa shape index (κ1) is 13.5. The van der Waals surface area contributed by atoms with Crippen molar-refractivity contribution in [2.24, 2.45) is 0 Å². The Labute approximate surface area is 90.0 Å². The smallest absolute Gasteiger partial charge is 0.0143 e. The molecule has 1 N–H and O–H groups in total. The molecule has 0 bridgehead atoms. The monoisotopic (exact) mass is 197 g/mol. The average Bonchev–Trinajstić information content (AvgIpc) is 2.20. The summed E-state index contributed by atoms with van der Waals surface area (Å²) in [5, 5.41) is 3.40. The molecule has 84 valence electrons. The highest BCUT2D eigenvalue weighted by molar-refractivity contribution is 4.90. The fourth-order valence-corrected chi connectivity index (χ4v) is 1.47. The van der Waals surface area contributed by atoms with E-state index in [2.05, 4.69) is 25.7 Å². The van der Waals surface area contributed by atoms with Gasteiger partial charge in [0.05, 0.1) is 0 Å². The second-order valence-corrected chi connectivity index (χ2v) is 4.05. The highest BCUT2D eigenvalue weighted by Crippen LogP contribution is 2.04. The molecule has 0 saturated carbocycles. The molecule has 0 aromatic heterocycles. The van der Waals surface area contributed by atoms with Crippen LogP contribution in [0.3, 0.4) is 0 Å². The van der Waals surface area contributed by atoms with Crippen LogP contribution < -0.4 is 5.32 Å². The van der Waals surface area contributed by atoms with E-state index in [1.54, 1.807) is 0 Å². The molecule has 0 unspecified atom stereocenters. The summed E-state index contributed by atoms with van der Waals surface area (Å²) >= 11 is 0. The molecule has 0 fully saturated rings. The van der Waals surface area contributed by atoms with E-state index in [1.165, 1.54) is 50.6 Å². The Morgan fingerprint density at radius 1 is 0.929 bits per heavy atom. The van der Waals surface area contributed by atoms with Gasteiger partial charge in [0.1, 0.15) is 0 Å². The predicted octanol–water partition coefficient (Wildman–Crippen LogP) is 4.25. The van der Waals surface area contributed by atoms with E-state index in [0.717, 1.165) is 13.0 Å². The van der Waals surface area contributed by atoms with Gasteiger partial charge in [0.2, 0.25) is 0 Å². The maximum absolute atomic E-state index is 4.02. The lowest BCUT2D eigenvalue weighted by Gasteiger charge is -2.08. The van der Waals surface area contributed by atoms with Crippen LogP contribution in [0.25, 0.3) is 0 Å². The van der Waals surface area contributed by atoms with E-state index in [9.17, 15) is 0 Å². The van der Waals surface area contributed by atoms with Gasteiger partial charge in [-0.1, -0.05) is 52.5 Å². The minimum Gasteiger partial charge on any atom is -0.389 e. The second kappa shape index (κ2) is 10.6. The molecular formula is C13H27N. The quantitative estimate of drug-likeness (QED) is 0.516. The number of unbranched alkanes of at least 4 members (excludes halogenated alkanes) is 5. The molecule has 0 spiro atoms. The zero-order chi connectivity index (χ0) is 10.6. The van der Waals surface area contributed by atoms with Gasteiger partial charge in [-0.25, -0.2) is 0 Å². The number of hydrogen-bond donors (Lipinski definition) is 1. The molecule has 0 rings (SSSR count). The summed E-state index contributed by atoms with van der Waals surface area (Å²) in [5.41, 5.74) is 1.22. The highest BCUT2D eigenvalue weighted by atomic mass is 14.9. The van der Waals surface area contributed by atoms with Gasteiger partial charge < -0.3 is 5.32 Å². The van der Waals surface area contributed by atoms with Crippen LogP contribution in [-0.4, -0.2) is 6.54 Å². The van der Waals surface area contributed by atoms with Crippen molar-refractivity contribution < 1.29 is 0 Å². The Kier molecular flexibility index (Phi) is 10.3. The van der Waals surface area contributed by atoms with Crippen LogP contribution in [0.4, 0.5) is 0 Å². The summed E-state index contributed by atoms with van der Waals surface area (Å²) in [6, 6.07) is 0. The maximum Gasteiger partial charge on any atom is 0.0143 e. The maximum atomic E-state index is 4.02. The van der Waals surface area contributed by atoms with Gasteiger partial charge in [-0.05, 0) is 19.3 Å². The van der Waals surface area contributed by atoms with E-state index in [-0.39, 0.29) is 0 Å².